The number of aromatic nitrogens is 2. The SMILES string of the molecule is O=C(CCc1nc(-c2ccsc2)no1)N1CC[C@@H]2CCCC[C@H]2C1. The lowest BCUT2D eigenvalue weighted by atomic mass is 9.75. The number of amides is 1. The Balaban J connectivity index is 1.30. The van der Waals surface area contributed by atoms with E-state index in [1.807, 2.05) is 16.8 Å². The largest absolute Gasteiger partial charge is 0.342 e. The number of carbonyl (C=O) groups is 1. The maximum absolute atomic E-state index is 12.5. The molecule has 0 bridgehead atoms. The van der Waals surface area contributed by atoms with Gasteiger partial charge in [-0.25, -0.2) is 0 Å². The first-order valence-corrected chi connectivity index (χ1v) is 9.87. The number of likely N-dealkylation sites (tertiary alicyclic amines) is 1. The van der Waals surface area contributed by atoms with Gasteiger partial charge in [0.15, 0.2) is 0 Å². The van der Waals surface area contributed by atoms with Crippen molar-refractivity contribution in [2.45, 2.75) is 44.9 Å². The van der Waals surface area contributed by atoms with E-state index in [-0.39, 0.29) is 5.91 Å². The van der Waals surface area contributed by atoms with Crippen LogP contribution in [0, 0.1) is 11.8 Å². The number of hydrogen-bond donors (Lipinski definition) is 0. The van der Waals surface area contributed by atoms with Crippen molar-refractivity contribution in [1.29, 1.82) is 0 Å². The lowest BCUT2D eigenvalue weighted by molar-refractivity contribution is -0.134. The van der Waals surface area contributed by atoms with E-state index in [2.05, 4.69) is 15.0 Å². The minimum atomic E-state index is 0.231. The molecule has 0 unspecified atom stereocenters. The molecule has 0 spiro atoms. The fourth-order valence-corrected chi connectivity index (χ4v) is 4.70. The summed E-state index contributed by atoms with van der Waals surface area (Å²) in [5, 5.41) is 7.98. The Bertz CT molecular complexity index is 682. The normalized spacial score (nSPS) is 23.9. The highest BCUT2D eigenvalue weighted by molar-refractivity contribution is 7.08. The van der Waals surface area contributed by atoms with Gasteiger partial charge in [0.05, 0.1) is 0 Å². The van der Waals surface area contributed by atoms with E-state index in [9.17, 15) is 4.79 Å². The number of rotatable bonds is 4. The third kappa shape index (κ3) is 3.38. The molecular weight excluding hydrogens is 322 g/mol. The highest BCUT2D eigenvalue weighted by Crippen LogP contribution is 2.36. The highest BCUT2D eigenvalue weighted by Gasteiger charge is 2.32. The predicted octanol–water partition coefficient (Wildman–Crippen LogP) is 3.77. The summed E-state index contributed by atoms with van der Waals surface area (Å²) >= 11 is 1.61. The van der Waals surface area contributed by atoms with Gasteiger partial charge in [-0.15, -0.1) is 0 Å². The Kier molecular flexibility index (Phi) is 4.65. The van der Waals surface area contributed by atoms with Gasteiger partial charge in [-0.1, -0.05) is 24.4 Å². The number of thiophene rings is 1. The van der Waals surface area contributed by atoms with E-state index in [0.29, 0.717) is 24.6 Å². The van der Waals surface area contributed by atoms with Crippen LogP contribution in [0.5, 0.6) is 0 Å². The number of aryl methyl sites for hydroxylation is 1. The average Bonchev–Trinajstić information content (AvgIpc) is 3.30. The molecule has 3 heterocycles. The highest BCUT2D eigenvalue weighted by atomic mass is 32.1. The summed E-state index contributed by atoms with van der Waals surface area (Å²) in [6.45, 7) is 1.87. The molecule has 0 aromatic carbocycles. The Morgan fingerprint density at radius 1 is 1.29 bits per heavy atom. The molecule has 1 saturated heterocycles. The molecule has 0 N–H and O–H groups in total. The van der Waals surface area contributed by atoms with Crippen LogP contribution in [0.4, 0.5) is 0 Å². The van der Waals surface area contributed by atoms with Crippen LogP contribution < -0.4 is 0 Å². The molecule has 5 nitrogen and oxygen atoms in total. The first-order chi connectivity index (χ1) is 11.8. The van der Waals surface area contributed by atoms with E-state index in [0.717, 1.165) is 30.5 Å². The summed E-state index contributed by atoms with van der Waals surface area (Å²) in [6, 6.07) is 1.97. The van der Waals surface area contributed by atoms with Crippen LogP contribution in [-0.4, -0.2) is 34.0 Å². The summed E-state index contributed by atoms with van der Waals surface area (Å²) in [5.74, 6) is 2.98. The van der Waals surface area contributed by atoms with Gasteiger partial charge in [0, 0.05) is 36.9 Å². The summed E-state index contributed by atoms with van der Waals surface area (Å²) in [7, 11) is 0. The van der Waals surface area contributed by atoms with E-state index in [1.165, 1.54) is 32.1 Å². The number of carbonyl (C=O) groups excluding carboxylic acids is 1. The molecule has 0 radical (unpaired) electrons. The monoisotopic (exact) mass is 345 g/mol. The standard InChI is InChI=1S/C18H23N3O2S/c22-17(21-9-7-13-3-1-2-4-14(13)11-21)6-5-16-19-18(20-23-16)15-8-10-24-12-15/h8,10,12-14H,1-7,9,11H2/t13-,14-/m0/s1. The van der Waals surface area contributed by atoms with Crippen molar-refractivity contribution in [2.75, 3.05) is 13.1 Å². The number of fused-ring (bicyclic) bond motifs is 1. The molecule has 2 aromatic heterocycles. The minimum absolute atomic E-state index is 0.231. The number of hydrogen-bond acceptors (Lipinski definition) is 5. The van der Waals surface area contributed by atoms with Crippen molar-refractivity contribution in [1.82, 2.24) is 15.0 Å². The Labute approximate surface area is 146 Å². The van der Waals surface area contributed by atoms with Crippen molar-refractivity contribution in [3.8, 4) is 11.4 Å². The first-order valence-electron chi connectivity index (χ1n) is 8.92. The van der Waals surface area contributed by atoms with Gasteiger partial charge < -0.3 is 9.42 Å². The van der Waals surface area contributed by atoms with Crippen LogP contribution >= 0.6 is 11.3 Å². The topological polar surface area (TPSA) is 59.2 Å². The summed E-state index contributed by atoms with van der Waals surface area (Å²) in [6.07, 6.45) is 7.53. The molecule has 24 heavy (non-hydrogen) atoms. The Morgan fingerprint density at radius 3 is 3.00 bits per heavy atom. The molecule has 2 aliphatic rings. The minimum Gasteiger partial charge on any atom is -0.342 e. The van der Waals surface area contributed by atoms with Crippen molar-refractivity contribution < 1.29 is 9.32 Å². The number of piperidine rings is 1. The molecule has 1 aliphatic heterocycles. The molecule has 1 amide bonds. The smallest absolute Gasteiger partial charge is 0.227 e. The van der Waals surface area contributed by atoms with Crippen LogP contribution in [0.3, 0.4) is 0 Å². The Morgan fingerprint density at radius 2 is 2.17 bits per heavy atom. The third-order valence-electron chi connectivity index (χ3n) is 5.44. The molecule has 1 saturated carbocycles. The van der Waals surface area contributed by atoms with Crippen molar-refractivity contribution in [3.63, 3.8) is 0 Å². The van der Waals surface area contributed by atoms with Crippen molar-refractivity contribution in [2.24, 2.45) is 11.8 Å². The summed E-state index contributed by atoms with van der Waals surface area (Å²) < 4.78 is 5.28. The first kappa shape index (κ1) is 15.8. The molecule has 4 rings (SSSR count). The second-order valence-corrected chi connectivity index (χ2v) is 7.74. The van der Waals surface area contributed by atoms with Gasteiger partial charge in [0.25, 0.3) is 0 Å². The van der Waals surface area contributed by atoms with Gasteiger partial charge in [-0.05, 0) is 36.1 Å². The molecule has 2 fully saturated rings. The van der Waals surface area contributed by atoms with Crippen molar-refractivity contribution in [3.05, 3.63) is 22.7 Å². The van der Waals surface area contributed by atoms with Gasteiger partial charge in [-0.2, -0.15) is 16.3 Å². The van der Waals surface area contributed by atoms with E-state index in [1.54, 1.807) is 11.3 Å². The zero-order valence-electron chi connectivity index (χ0n) is 13.8. The summed E-state index contributed by atoms with van der Waals surface area (Å²) in [4.78, 5) is 19.0. The number of nitrogens with zero attached hydrogens (tertiary/aromatic N) is 3. The van der Waals surface area contributed by atoms with Gasteiger partial charge in [-0.3, -0.25) is 4.79 Å². The molecule has 1 aliphatic carbocycles. The molecule has 128 valence electrons. The average molecular weight is 345 g/mol. The Hall–Kier alpha value is -1.69. The summed E-state index contributed by atoms with van der Waals surface area (Å²) in [5.41, 5.74) is 0.973. The molecule has 2 aromatic rings. The van der Waals surface area contributed by atoms with Crippen LogP contribution in [0.15, 0.2) is 21.3 Å². The zero-order chi connectivity index (χ0) is 16.4. The van der Waals surface area contributed by atoms with Gasteiger partial charge in [0.1, 0.15) is 0 Å². The van der Waals surface area contributed by atoms with Crippen LogP contribution in [0.25, 0.3) is 11.4 Å². The molecular formula is C18H23N3O2S. The zero-order valence-corrected chi connectivity index (χ0v) is 14.6. The van der Waals surface area contributed by atoms with Crippen LogP contribution in [-0.2, 0) is 11.2 Å². The fourth-order valence-electron chi connectivity index (χ4n) is 4.06. The van der Waals surface area contributed by atoms with E-state index in [4.69, 9.17) is 4.52 Å². The molecule has 6 heteroatoms. The van der Waals surface area contributed by atoms with Crippen molar-refractivity contribution >= 4 is 17.2 Å². The third-order valence-corrected chi connectivity index (χ3v) is 6.13. The molecule has 2 atom stereocenters. The van der Waals surface area contributed by atoms with E-state index < -0.39 is 0 Å². The lowest BCUT2D eigenvalue weighted by Crippen LogP contribution is -2.44. The van der Waals surface area contributed by atoms with E-state index >= 15 is 0 Å². The lowest BCUT2D eigenvalue weighted by Gasteiger charge is -2.41. The second kappa shape index (κ2) is 7.05. The van der Waals surface area contributed by atoms with Crippen LogP contribution in [0.1, 0.15) is 44.4 Å². The predicted molar refractivity (Wildman–Crippen MR) is 92.6 cm³/mol. The van der Waals surface area contributed by atoms with Gasteiger partial charge in [0.2, 0.25) is 17.6 Å². The maximum atomic E-state index is 12.5. The quantitative estimate of drug-likeness (QED) is 0.846. The second-order valence-electron chi connectivity index (χ2n) is 6.96. The fraction of sp³-hybridized carbons (Fsp3) is 0.611. The maximum Gasteiger partial charge on any atom is 0.227 e. The van der Waals surface area contributed by atoms with Crippen LogP contribution in [0.2, 0.25) is 0 Å². The van der Waals surface area contributed by atoms with Gasteiger partial charge >= 0.3 is 0 Å².